The van der Waals surface area contributed by atoms with Gasteiger partial charge in [-0.1, -0.05) is 153 Å². The zero-order valence-corrected chi connectivity index (χ0v) is 38.6. The molecule has 0 aromatic rings. The fraction of sp³-hybridized carbons (Fsp3) is 0.745. The fourth-order valence-corrected chi connectivity index (χ4v) is 12.9. The van der Waals surface area contributed by atoms with Crippen molar-refractivity contribution < 1.29 is 10.2 Å². The molecule has 0 aliphatic heterocycles. The Morgan fingerprint density at radius 1 is 0.614 bits per heavy atom. The number of hydrogen-bond acceptors (Lipinski definition) is 2. The molecular formula is C55H88O2. The highest BCUT2D eigenvalue weighted by Crippen LogP contribution is 2.61. The maximum atomic E-state index is 10.0. The number of aliphatic hydroxyl groups is 2. The van der Waals surface area contributed by atoms with Crippen molar-refractivity contribution in [3.8, 4) is 0 Å². The lowest BCUT2D eigenvalue weighted by Gasteiger charge is -2.44. The second kappa shape index (κ2) is 20.6. The smallest absolute Gasteiger partial charge is 0.0583 e. The van der Waals surface area contributed by atoms with Crippen LogP contribution in [0.1, 0.15) is 184 Å². The quantitative estimate of drug-likeness (QED) is 0.205. The van der Waals surface area contributed by atoms with Gasteiger partial charge in [-0.25, -0.2) is 0 Å². The summed E-state index contributed by atoms with van der Waals surface area (Å²) < 4.78 is 0. The van der Waals surface area contributed by atoms with Gasteiger partial charge in [-0.3, -0.25) is 0 Å². The highest BCUT2D eigenvalue weighted by atomic mass is 16.3. The van der Waals surface area contributed by atoms with Gasteiger partial charge in [0.1, 0.15) is 0 Å². The number of allylic oxidation sites excluding steroid dienone is 10. The summed E-state index contributed by atoms with van der Waals surface area (Å²) in [7, 11) is 0. The van der Waals surface area contributed by atoms with E-state index in [1.807, 2.05) is 0 Å². The van der Waals surface area contributed by atoms with E-state index < -0.39 is 0 Å². The van der Waals surface area contributed by atoms with E-state index in [0.29, 0.717) is 22.7 Å². The van der Waals surface area contributed by atoms with Crippen LogP contribution in [0.3, 0.4) is 0 Å². The van der Waals surface area contributed by atoms with E-state index in [-0.39, 0.29) is 12.2 Å². The second-order valence-corrected chi connectivity index (χ2v) is 21.7. The summed E-state index contributed by atoms with van der Waals surface area (Å²) in [5.41, 5.74) is 9.32. The van der Waals surface area contributed by atoms with E-state index in [0.717, 1.165) is 80.0 Å². The number of rotatable bonds is 11. The van der Waals surface area contributed by atoms with Gasteiger partial charge in [0.25, 0.3) is 0 Å². The van der Waals surface area contributed by atoms with Crippen molar-refractivity contribution >= 4 is 0 Å². The summed E-state index contributed by atoms with van der Waals surface area (Å²) in [4.78, 5) is 0. The third kappa shape index (κ3) is 11.5. The van der Waals surface area contributed by atoms with Gasteiger partial charge in [0.2, 0.25) is 0 Å². The Morgan fingerprint density at radius 3 is 1.60 bits per heavy atom. The van der Waals surface area contributed by atoms with E-state index in [1.165, 1.54) is 106 Å². The molecule has 0 amide bonds. The lowest BCUT2D eigenvalue weighted by Crippen LogP contribution is -2.36. The Hall–Kier alpha value is -1.90. The van der Waals surface area contributed by atoms with Gasteiger partial charge in [0.15, 0.2) is 0 Å². The van der Waals surface area contributed by atoms with Gasteiger partial charge >= 0.3 is 0 Å². The molecule has 6 saturated carbocycles. The zero-order chi connectivity index (χ0) is 41.5. The molecule has 6 fully saturated rings. The van der Waals surface area contributed by atoms with Gasteiger partial charge < -0.3 is 10.2 Å². The topological polar surface area (TPSA) is 40.5 Å². The van der Waals surface area contributed by atoms with Crippen molar-refractivity contribution in [2.45, 2.75) is 197 Å². The van der Waals surface area contributed by atoms with E-state index in [9.17, 15) is 10.2 Å². The Morgan fingerprint density at radius 2 is 1.11 bits per heavy atom. The van der Waals surface area contributed by atoms with E-state index in [1.54, 1.807) is 11.1 Å². The van der Waals surface area contributed by atoms with Gasteiger partial charge in [0.05, 0.1) is 12.2 Å². The molecule has 6 aliphatic rings. The third-order valence-corrected chi connectivity index (χ3v) is 17.0. The molecule has 11 unspecified atom stereocenters. The van der Waals surface area contributed by atoms with Crippen LogP contribution in [-0.2, 0) is 0 Å². The van der Waals surface area contributed by atoms with Crippen LogP contribution < -0.4 is 0 Å². The lowest BCUT2D eigenvalue weighted by atomic mass is 9.60. The van der Waals surface area contributed by atoms with Crippen LogP contribution in [0.15, 0.2) is 83.1 Å². The minimum Gasteiger partial charge on any atom is -0.393 e. The van der Waals surface area contributed by atoms with Crippen LogP contribution in [0.25, 0.3) is 0 Å². The molecule has 0 heterocycles. The van der Waals surface area contributed by atoms with Gasteiger partial charge in [0, 0.05) is 0 Å². The molecule has 0 radical (unpaired) electrons. The summed E-state index contributed by atoms with van der Waals surface area (Å²) in [5, 5.41) is 20.1. The fourth-order valence-electron chi connectivity index (χ4n) is 12.9. The van der Waals surface area contributed by atoms with Crippen LogP contribution >= 0.6 is 0 Å². The molecule has 57 heavy (non-hydrogen) atoms. The summed E-state index contributed by atoms with van der Waals surface area (Å²) in [6.07, 6.45) is 37.0. The van der Waals surface area contributed by atoms with Crippen molar-refractivity contribution in [2.75, 3.05) is 0 Å². The largest absolute Gasteiger partial charge is 0.393 e. The van der Waals surface area contributed by atoms with Crippen molar-refractivity contribution in [3.05, 3.63) is 83.1 Å². The Balaban J connectivity index is 0.000000218. The third-order valence-electron chi connectivity index (χ3n) is 17.0. The molecule has 0 spiro atoms. The number of hydrogen-bond donors (Lipinski definition) is 2. The van der Waals surface area contributed by atoms with E-state index >= 15 is 0 Å². The van der Waals surface area contributed by atoms with Gasteiger partial charge in [-0.2, -0.15) is 0 Å². The summed E-state index contributed by atoms with van der Waals surface area (Å²) in [6, 6.07) is 0. The Bertz CT molecular complexity index is 1510. The molecule has 6 rings (SSSR count). The summed E-state index contributed by atoms with van der Waals surface area (Å²) in [6.45, 7) is 30.3. The molecule has 0 aromatic carbocycles. The van der Waals surface area contributed by atoms with Crippen molar-refractivity contribution in [1.29, 1.82) is 0 Å². The number of aliphatic hydroxyl groups excluding tert-OH is 2. The van der Waals surface area contributed by atoms with Crippen LogP contribution in [0.2, 0.25) is 0 Å². The Labute approximate surface area is 352 Å². The predicted molar refractivity (Wildman–Crippen MR) is 247 cm³/mol. The van der Waals surface area contributed by atoms with Crippen molar-refractivity contribution in [3.63, 3.8) is 0 Å². The van der Waals surface area contributed by atoms with Crippen LogP contribution in [0.4, 0.5) is 0 Å². The molecule has 320 valence electrons. The molecule has 2 heteroatoms. The predicted octanol–water partition coefficient (Wildman–Crippen LogP) is 15.3. The summed E-state index contributed by atoms with van der Waals surface area (Å²) in [5.74, 6) is 6.95. The number of fused-ring (bicyclic) bond motifs is 2. The van der Waals surface area contributed by atoms with Gasteiger partial charge in [-0.05, 0) is 178 Å². The van der Waals surface area contributed by atoms with Crippen molar-refractivity contribution in [1.82, 2.24) is 0 Å². The minimum atomic E-state index is -0.182. The molecule has 2 nitrogen and oxygen atoms in total. The minimum absolute atomic E-state index is 0.172. The average molecular weight is 781 g/mol. The van der Waals surface area contributed by atoms with E-state index in [4.69, 9.17) is 0 Å². The highest BCUT2D eigenvalue weighted by Gasteiger charge is 2.51. The monoisotopic (exact) mass is 781 g/mol. The van der Waals surface area contributed by atoms with Crippen LogP contribution in [0, 0.1) is 64.1 Å². The highest BCUT2D eigenvalue weighted by molar-refractivity contribution is 5.37. The maximum Gasteiger partial charge on any atom is 0.0583 e. The lowest BCUT2D eigenvalue weighted by molar-refractivity contribution is 0.0928. The zero-order valence-electron chi connectivity index (χ0n) is 38.6. The average Bonchev–Trinajstić information content (AvgIpc) is 3.71. The molecule has 0 saturated heterocycles. The molecule has 11 atom stereocenters. The molecule has 0 aromatic heterocycles. The van der Waals surface area contributed by atoms with Crippen molar-refractivity contribution in [2.24, 2.45) is 64.1 Å². The maximum absolute atomic E-state index is 10.0. The first kappa shape index (κ1) is 46.2. The summed E-state index contributed by atoms with van der Waals surface area (Å²) >= 11 is 0. The standard InChI is InChI=1S/C28H44O.C27H44O/c1-19(2)20(3)9-10-22(5)26-15-16-27-23(8-7-17-28(26,27)6)12-13-24-18-25(29)14-11-21(24)4;1-19(2)8-6-9-21(4)25-15-16-26-22(10-7-17-27(25,26)5)12-13-23-18-24(28)14-11-20(23)3/h9-10,12-13,19-20,22,25-27,29H,4,7-8,11,14-18H2,1-3,5-6H3;12-13,19,21,24-26,28H,3,6-11,14-18H2,1-2,4-5H3/b10-9+,23-12+,24-13-;22-12+,23-13-. The first-order chi connectivity index (χ1) is 27.0. The molecule has 0 bridgehead atoms. The van der Waals surface area contributed by atoms with Crippen LogP contribution in [0.5, 0.6) is 0 Å². The molecule has 6 aliphatic carbocycles. The second-order valence-electron chi connectivity index (χ2n) is 21.7. The SMILES string of the molecule is C=C1CCC(O)C/C1=C/C=C1\CCCC2(C)C1CCC2C(C)/C=C/C(C)C(C)C.C=C1CCC(O)C/C1=C/C=C1\CCCC2(C)C1CCC2C(C)CCCC(C)C. The molecular weight excluding hydrogens is 693 g/mol. The Kier molecular flexibility index (Phi) is 16.7. The van der Waals surface area contributed by atoms with Gasteiger partial charge in [-0.15, -0.1) is 0 Å². The first-order valence-corrected chi connectivity index (χ1v) is 24.2. The van der Waals surface area contributed by atoms with E-state index in [2.05, 4.69) is 112 Å². The first-order valence-electron chi connectivity index (χ1n) is 24.2. The molecule has 2 N–H and O–H groups in total. The van der Waals surface area contributed by atoms with Crippen LogP contribution in [-0.4, -0.2) is 22.4 Å². The normalized spacial score (nSPS) is 37.9.